The Hall–Kier alpha value is -2.80. The van der Waals surface area contributed by atoms with Crippen LogP contribution in [-0.2, 0) is 11.5 Å². The van der Waals surface area contributed by atoms with Gasteiger partial charge in [0.15, 0.2) is 12.4 Å². The molecule has 7 nitrogen and oxygen atoms in total. The van der Waals surface area contributed by atoms with E-state index >= 15 is 0 Å². The van der Waals surface area contributed by atoms with Gasteiger partial charge in [-0.2, -0.15) is 4.57 Å². The molecule has 1 aliphatic rings. The fourth-order valence-electron chi connectivity index (χ4n) is 1.67. The van der Waals surface area contributed by atoms with Gasteiger partial charge < -0.3 is 15.4 Å². The molecule has 1 aliphatic heterocycles. The molecule has 0 atom stereocenters. The molecule has 0 saturated heterocycles. The maximum atomic E-state index is 11.0. The summed E-state index contributed by atoms with van der Waals surface area (Å²) in [7, 11) is 0. The Labute approximate surface area is 123 Å². The van der Waals surface area contributed by atoms with Crippen molar-refractivity contribution in [2.75, 3.05) is 6.73 Å². The van der Waals surface area contributed by atoms with Crippen molar-refractivity contribution in [3.8, 4) is 0 Å². The molecule has 7 heteroatoms. The van der Waals surface area contributed by atoms with Gasteiger partial charge in [-0.25, -0.2) is 0 Å². The predicted molar refractivity (Wildman–Crippen MR) is 75.1 cm³/mol. The van der Waals surface area contributed by atoms with E-state index in [9.17, 15) is 9.70 Å². The van der Waals surface area contributed by atoms with Crippen LogP contribution in [0.2, 0.25) is 0 Å². The number of ether oxygens (including phenoxy) is 1. The normalized spacial score (nSPS) is 16.6. The number of hydrogen-bond acceptors (Lipinski definition) is 5. The molecule has 0 aliphatic carbocycles. The highest BCUT2D eigenvalue weighted by Gasteiger charge is 2.09. The third-order valence-corrected chi connectivity index (χ3v) is 2.73. The van der Waals surface area contributed by atoms with Crippen LogP contribution in [0.15, 0.2) is 66.0 Å². The van der Waals surface area contributed by atoms with Gasteiger partial charge in [-0.05, 0) is 17.3 Å². The molecule has 21 heavy (non-hydrogen) atoms. The molecule has 2 rings (SSSR count). The molecule has 2 heterocycles. The van der Waals surface area contributed by atoms with Gasteiger partial charge in [0.05, 0.1) is 18.8 Å². The van der Waals surface area contributed by atoms with Crippen molar-refractivity contribution in [2.24, 2.45) is 10.9 Å². The van der Waals surface area contributed by atoms with E-state index in [0.717, 1.165) is 6.20 Å². The Morgan fingerprint density at radius 1 is 1.48 bits per heavy atom. The molecule has 0 radical (unpaired) electrons. The average molecular weight is 289 g/mol. The summed E-state index contributed by atoms with van der Waals surface area (Å²) < 4.78 is 15.0. The number of aromatic nitrogens is 1. The highest BCUT2D eigenvalue weighted by atomic mass is 16.5. The van der Waals surface area contributed by atoms with Crippen LogP contribution >= 0.6 is 0 Å². The summed E-state index contributed by atoms with van der Waals surface area (Å²) in [6, 6.07) is 3.18. The van der Waals surface area contributed by atoms with Gasteiger partial charge in [-0.15, -0.1) is 4.91 Å². The summed E-state index contributed by atoms with van der Waals surface area (Å²) >= 11 is 0. The fourth-order valence-corrected chi connectivity index (χ4v) is 1.67. The minimum Gasteiger partial charge on any atom is -0.366 e. The Kier molecular flexibility index (Phi) is 4.47. The lowest BCUT2D eigenvalue weighted by molar-refractivity contribution is -0.733. The Morgan fingerprint density at radius 3 is 2.90 bits per heavy atom. The first-order valence-corrected chi connectivity index (χ1v) is 6.13. The minimum atomic E-state index is -0.492. The second kappa shape index (κ2) is 7.11. The van der Waals surface area contributed by atoms with Crippen LogP contribution in [0.3, 0.4) is 0 Å². The number of nitrogens with two attached hydrogens (primary N) is 1. The number of nitrogens with zero attached hydrogens (tertiary/aromatic N) is 3. The zero-order chi connectivity index (χ0) is 15.9. The topological polar surface area (TPSA) is 88.9 Å². The van der Waals surface area contributed by atoms with Crippen molar-refractivity contribution in [2.45, 2.75) is 6.73 Å². The average Bonchev–Trinajstić information content (AvgIpc) is 2.51. The molecular weight excluding hydrogens is 272 g/mol. The van der Waals surface area contributed by atoms with Crippen molar-refractivity contribution in [1.29, 1.82) is 0 Å². The standard InChI is InChI=1S/C14H14N4O3/c15-14(19)12-4-7-17(8-5-12)10-21-11-18-6-2-1-3-13(18)9-16-20/h1-9H,10-11H2,(H-,15,19)/p+1/b13-9+/i6T. The molecule has 2 N–H and O–H groups in total. The van der Waals surface area contributed by atoms with E-state index in [4.69, 9.17) is 11.8 Å². The lowest BCUT2D eigenvalue weighted by Gasteiger charge is -2.21. The molecule has 1 amide bonds. The van der Waals surface area contributed by atoms with Crippen LogP contribution < -0.4 is 10.3 Å². The molecule has 0 aromatic carbocycles. The smallest absolute Gasteiger partial charge is 0.254 e. The summed E-state index contributed by atoms with van der Waals surface area (Å²) in [4.78, 5) is 22.8. The van der Waals surface area contributed by atoms with Crippen molar-refractivity contribution in [1.82, 2.24) is 4.90 Å². The van der Waals surface area contributed by atoms with E-state index in [0.29, 0.717) is 11.3 Å². The highest BCUT2D eigenvalue weighted by Crippen LogP contribution is 2.12. The number of primary amides is 1. The van der Waals surface area contributed by atoms with Crippen molar-refractivity contribution in [3.63, 3.8) is 0 Å². The van der Waals surface area contributed by atoms with Crippen LogP contribution in [0.1, 0.15) is 11.7 Å². The highest BCUT2D eigenvalue weighted by molar-refractivity contribution is 5.92. The molecule has 1 aromatic rings. The van der Waals surface area contributed by atoms with Crippen LogP contribution in [0.25, 0.3) is 0 Å². The number of nitroso groups, excluding NO2 is 1. The molecule has 0 fully saturated rings. The SMILES string of the molecule is [3H]C1=CC=C/C(=C\N=O)N1COC[n+]1ccc(C(N)=O)cc1. The fraction of sp³-hybridized carbons (Fsp3) is 0.143. The van der Waals surface area contributed by atoms with E-state index in [1.54, 1.807) is 47.3 Å². The van der Waals surface area contributed by atoms with Crippen LogP contribution in [0.4, 0.5) is 0 Å². The molecule has 0 saturated carbocycles. The summed E-state index contributed by atoms with van der Waals surface area (Å²) in [5.74, 6) is -0.492. The van der Waals surface area contributed by atoms with Crippen LogP contribution in [0.5, 0.6) is 0 Å². The van der Waals surface area contributed by atoms with E-state index in [1.165, 1.54) is 4.90 Å². The molecule has 0 unspecified atom stereocenters. The largest absolute Gasteiger partial charge is 0.366 e. The number of hydrogen-bond donors (Lipinski definition) is 1. The third kappa shape index (κ3) is 4.08. The first kappa shape index (κ1) is 13.2. The predicted octanol–water partition coefficient (Wildman–Crippen LogP) is 0.998. The molecule has 0 bridgehead atoms. The lowest BCUT2D eigenvalue weighted by Crippen LogP contribution is -2.36. The summed E-state index contributed by atoms with van der Waals surface area (Å²) in [5, 5.41) is 2.72. The van der Waals surface area contributed by atoms with Gasteiger partial charge in [0.1, 0.15) is 6.73 Å². The quantitative estimate of drug-likeness (QED) is 0.625. The van der Waals surface area contributed by atoms with Gasteiger partial charge >= 0.3 is 0 Å². The Morgan fingerprint density at radius 2 is 2.24 bits per heavy atom. The zero-order valence-corrected chi connectivity index (χ0v) is 11.2. The lowest BCUT2D eigenvalue weighted by atomic mass is 10.2. The van der Waals surface area contributed by atoms with E-state index in [-0.39, 0.29) is 19.6 Å². The van der Waals surface area contributed by atoms with Crippen molar-refractivity contribution >= 4 is 5.91 Å². The summed E-state index contributed by atoms with van der Waals surface area (Å²) in [5.41, 5.74) is 6.06. The number of carbonyl (C=O) groups is 1. The second-order valence-corrected chi connectivity index (χ2v) is 4.17. The monoisotopic (exact) mass is 289 g/mol. The zero-order valence-electron chi connectivity index (χ0n) is 12.2. The van der Waals surface area contributed by atoms with Gasteiger partial charge in [0.25, 0.3) is 6.73 Å². The van der Waals surface area contributed by atoms with Crippen molar-refractivity contribution < 1.29 is 15.5 Å². The number of pyridine rings is 1. The maximum Gasteiger partial charge on any atom is 0.254 e. The molecule has 108 valence electrons. The van der Waals surface area contributed by atoms with E-state index in [1.807, 2.05) is 0 Å². The molecule has 0 spiro atoms. The maximum absolute atomic E-state index is 11.0. The molecule has 1 aromatic heterocycles. The number of carbonyl (C=O) groups excluding carboxylic acids is 1. The van der Waals surface area contributed by atoms with Gasteiger partial charge in [-0.3, -0.25) is 4.79 Å². The third-order valence-electron chi connectivity index (χ3n) is 2.73. The van der Waals surface area contributed by atoms with E-state index in [2.05, 4.69) is 5.18 Å². The van der Waals surface area contributed by atoms with Crippen LogP contribution in [-0.4, -0.2) is 17.5 Å². The van der Waals surface area contributed by atoms with Gasteiger partial charge in [-0.1, -0.05) is 6.08 Å². The minimum absolute atomic E-state index is 0.0889. The number of allylic oxidation sites excluding steroid dienone is 3. The second-order valence-electron chi connectivity index (χ2n) is 4.17. The first-order chi connectivity index (χ1) is 10.6. The number of amides is 1. The van der Waals surface area contributed by atoms with Gasteiger partial charge in [0.2, 0.25) is 5.91 Å². The molecular formula is C14H15N4O3+. The summed E-state index contributed by atoms with van der Waals surface area (Å²) in [6.45, 7) is 0.305. The Bertz CT molecular complexity index is 653. The number of rotatable bonds is 6. The van der Waals surface area contributed by atoms with E-state index < -0.39 is 5.91 Å². The van der Waals surface area contributed by atoms with Crippen molar-refractivity contribution in [3.05, 3.63) is 71.3 Å². The summed E-state index contributed by atoms with van der Waals surface area (Å²) in [6.07, 6.45) is 9.56. The van der Waals surface area contributed by atoms with Gasteiger partial charge in [0, 0.05) is 18.3 Å². The Balaban J connectivity index is 1.93. The first-order valence-electron chi connectivity index (χ1n) is 6.63. The van der Waals surface area contributed by atoms with Crippen LogP contribution in [0, 0.1) is 4.91 Å².